The Kier molecular flexibility index (Phi) is 7.16. The number of piperidine rings is 1. The van der Waals surface area contributed by atoms with Gasteiger partial charge < -0.3 is 24.8 Å². The van der Waals surface area contributed by atoms with E-state index in [4.69, 9.17) is 14.2 Å². The molecule has 2 N–H and O–H groups in total. The summed E-state index contributed by atoms with van der Waals surface area (Å²) in [4.78, 5) is 22.4. The number of carbonyl (C=O) groups is 1. The van der Waals surface area contributed by atoms with Gasteiger partial charge in [0, 0.05) is 31.2 Å². The quantitative estimate of drug-likeness (QED) is 0.497. The molecule has 0 saturated carbocycles. The fourth-order valence-electron chi connectivity index (χ4n) is 3.02. The highest BCUT2D eigenvalue weighted by Crippen LogP contribution is 2.31. The molecule has 9 nitrogen and oxygen atoms in total. The fourth-order valence-corrected chi connectivity index (χ4v) is 3.02. The first-order chi connectivity index (χ1) is 12.5. The lowest BCUT2D eigenvalue weighted by atomic mass is 9.79. The summed E-state index contributed by atoms with van der Waals surface area (Å²) in [7, 11) is 3.00. The number of nitrogens with one attached hydrogen (secondary N) is 2. The molecule has 1 aromatic carbocycles. The minimum absolute atomic E-state index is 0.0633. The van der Waals surface area contributed by atoms with E-state index in [1.54, 1.807) is 7.11 Å². The van der Waals surface area contributed by atoms with E-state index in [1.807, 2.05) is 0 Å². The van der Waals surface area contributed by atoms with Crippen molar-refractivity contribution in [3.05, 3.63) is 28.3 Å². The Morgan fingerprint density at radius 1 is 1.35 bits per heavy atom. The Labute approximate surface area is 152 Å². The highest BCUT2D eigenvalue weighted by Gasteiger charge is 2.32. The van der Waals surface area contributed by atoms with Gasteiger partial charge in [0.25, 0.3) is 5.91 Å². The standard InChI is InChI=1S/C17H25N3O6/c1-24-12-17(5-7-18-8-6-17)11-19-16(21)10-26-13-3-4-14(20(22)23)15(9-13)25-2/h3-4,9,18H,5-8,10-12H2,1-2H3,(H,19,21). The molecule has 1 aromatic rings. The van der Waals surface area contributed by atoms with Crippen molar-refractivity contribution in [1.29, 1.82) is 0 Å². The summed E-state index contributed by atoms with van der Waals surface area (Å²) in [5, 5.41) is 17.1. The molecule has 0 atom stereocenters. The van der Waals surface area contributed by atoms with Crippen molar-refractivity contribution in [2.24, 2.45) is 5.41 Å². The van der Waals surface area contributed by atoms with Gasteiger partial charge in [0.05, 0.1) is 18.6 Å². The summed E-state index contributed by atoms with van der Waals surface area (Å²) >= 11 is 0. The van der Waals surface area contributed by atoms with Gasteiger partial charge in [-0.3, -0.25) is 14.9 Å². The highest BCUT2D eigenvalue weighted by molar-refractivity contribution is 5.77. The van der Waals surface area contributed by atoms with Gasteiger partial charge in [0.1, 0.15) is 5.75 Å². The number of benzene rings is 1. The van der Waals surface area contributed by atoms with Crippen LogP contribution in [-0.4, -0.2) is 57.9 Å². The molecule has 2 rings (SSSR count). The van der Waals surface area contributed by atoms with E-state index in [0.717, 1.165) is 25.9 Å². The molecule has 0 spiro atoms. The predicted octanol–water partition coefficient (Wildman–Crippen LogP) is 1.11. The summed E-state index contributed by atoms with van der Waals surface area (Å²) in [6, 6.07) is 4.12. The molecule has 1 fully saturated rings. The van der Waals surface area contributed by atoms with Crippen LogP contribution in [0.15, 0.2) is 18.2 Å². The summed E-state index contributed by atoms with van der Waals surface area (Å²) in [6.07, 6.45) is 1.86. The molecule has 1 saturated heterocycles. The van der Waals surface area contributed by atoms with E-state index in [0.29, 0.717) is 18.9 Å². The topological polar surface area (TPSA) is 112 Å². The Balaban J connectivity index is 1.87. The van der Waals surface area contributed by atoms with Crippen LogP contribution in [0.2, 0.25) is 0 Å². The van der Waals surface area contributed by atoms with Gasteiger partial charge in [-0.2, -0.15) is 0 Å². The van der Waals surface area contributed by atoms with Crippen LogP contribution < -0.4 is 20.1 Å². The average Bonchev–Trinajstić information content (AvgIpc) is 2.65. The van der Waals surface area contributed by atoms with Crippen LogP contribution >= 0.6 is 0 Å². The number of nitro benzene ring substituents is 1. The molecular formula is C17H25N3O6. The molecule has 0 unspecified atom stereocenters. The number of nitro groups is 1. The molecule has 0 bridgehead atoms. The lowest BCUT2D eigenvalue weighted by Gasteiger charge is -2.37. The zero-order chi connectivity index (χ0) is 19.0. The second-order valence-corrected chi connectivity index (χ2v) is 6.34. The molecule has 1 heterocycles. The van der Waals surface area contributed by atoms with Gasteiger partial charge in [0.15, 0.2) is 6.61 Å². The maximum atomic E-state index is 12.1. The minimum atomic E-state index is -0.538. The van der Waals surface area contributed by atoms with Crippen LogP contribution in [0.4, 0.5) is 5.69 Å². The first kappa shape index (κ1) is 19.9. The fraction of sp³-hybridized carbons (Fsp3) is 0.588. The van der Waals surface area contributed by atoms with Crippen LogP contribution in [0.5, 0.6) is 11.5 Å². The monoisotopic (exact) mass is 367 g/mol. The van der Waals surface area contributed by atoms with Crippen molar-refractivity contribution >= 4 is 11.6 Å². The third-order valence-corrected chi connectivity index (χ3v) is 4.49. The molecule has 26 heavy (non-hydrogen) atoms. The van der Waals surface area contributed by atoms with Gasteiger partial charge in [-0.15, -0.1) is 0 Å². The summed E-state index contributed by atoms with van der Waals surface area (Å²) in [6.45, 7) is 2.74. The zero-order valence-corrected chi connectivity index (χ0v) is 15.1. The molecule has 0 aliphatic carbocycles. The Morgan fingerprint density at radius 2 is 2.08 bits per heavy atom. The third-order valence-electron chi connectivity index (χ3n) is 4.49. The lowest BCUT2D eigenvalue weighted by molar-refractivity contribution is -0.385. The average molecular weight is 367 g/mol. The van der Waals surface area contributed by atoms with Crippen molar-refractivity contribution in [2.45, 2.75) is 12.8 Å². The highest BCUT2D eigenvalue weighted by atomic mass is 16.6. The van der Waals surface area contributed by atoms with Crippen LogP contribution in [0.3, 0.4) is 0 Å². The maximum absolute atomic E-state index is 12.1. The predicted molar refractivity (Wildman–Crippen MR) is 94.6 cm³/mol. The van der Waals surface area contributed by atoms with Crippen molar-refractivity contribution in [1.82, 2.24) is 10.6 Å². The van der Waals surface area contributed by atoms with Crippen LogP contribution in [-0.2, 0) is 9.53 Å². The lowest BCUT2D eigenvalue weighted by Crippen LogP contribution is -2.47. The number of methoxy groups -OCH3 is 2. The maximum Gasteiger partial charge on any atom is 0.311 e. The number of carbonyl (C=O) groups excluding carboxylic acids is 1. The summed E-state index contributed by atoms with van der Waals surface area (Å²) < 4.78 is 15.7. The molecule has 9 heteroatoms. The third kappa shape index (κ3) is 5.30. The van der Waals surface area contributed by atoms with Gasteiger partial charge in [-0.05, 0) is 32.0 Å². The number of hydrogen-bond acceptors (Lipinski definition) is 7. The number of ether oxygens (including phenoxy) is 3. The Bertz CT molecular complexity index is 625. The number of hydrogen-bond donors (Lipinski definition) is 2. The van der Waals surface area contributed by atoms with E-state index >= 15 is 0 Å². The van der Waals surface area contributed by atoms with Crippen molar-refractivity contribution < 1.29 is 23.9 Å². The molecule has 0 radical (unpaired) electrons. The molecule has 1 amide bonds. The first-order valence-electron chi connectivity index (χ1n) is 8.41. The van der Waals surface area contributed by atoms with Crippen LogP contribution in [0.1, 0.15) is 12.8 Å². The smallest absolute Gasteiger partial charge is 0.311 e. The second kappa shape index (κ2) is 9.35. The van der Waals surface area contributed by atoms with E-state index < -0.39 is 4.92 Å². The van der Waals surface area contributed by atoms with Gasteiger partial charge >= 0.3 is 5.69 Å². The number of nitrogens with zero attached hydrogens (tertiary/aromatic N) is 1. The largest absolute Gasteiger partial charge is 0.490 e. The van der Waals surface area contributed by atoms with E-state index in [2.05, 4.69) is 10.6 Å². The number of amides is 1. The first-order valence-corrected chi connectivity index (χ1v) is 8.41. The van der Waals surface area contributed by atoms with Crippen molar-refractivity contribution in [3.8, 4) is 11.5 Å². The van der Waals surface area contributed by atoms with Crippen LogP contribution in [0, 0.1) is 15.5 Å². The Hall–Kier alpha value is -2.39. The molecule has 1 aliphatic rings. The summed E-state index contributed by atoms with van der Waals surface area (Å²) in [5.74, 6) is 0.161. The van der Waals surface area contributed by atoms with E-state index in [1.165, 1.54) is 25.3 Å². The molecule has 1 aliphatic heterocycles. The normalized spacial score (nSPS) is 15.9. The zero-order valence-electron chi connectivity index (χ0n) is 15.1. The Morgan fingerprint density at radius 3 is 2.69 bits per heavy atom. The van der Waals surface area contributed by atoms with Gasteiger partial charge in [-0.25, -0.2) is 0 Å². The van der Waals surface area contributed by atoms with Crippen molar-refractivity contribution in [2.75, 3.05) is 47.1 Å². The second-order valence-electron chi connectivity index (χ2n) is 6.34. The van der Waals surface area contributed by atoms with Crippen molar-refractivity contribution in [3.63, 3.8) is 0 Å². The van der Waals surface area contributed by atoms with E-state index in [-0.39, 0.29) is 29.4 Å². The van der Waals surface area contributed by atoms with E-state index in [9.17, 15) is 14.9 Å². The molecular weight excluding hydrogens is 342 g/mol. The molecule has 144 valence electrons. The molecule has 0 aromatic heterocycles. The van der Waals surface area contributed by atoms with Gasteiger partial charge in [-0.1, -0.05) is 0 Å². The SMILES string of the molecule is COCC1(CNC(=O)COc2ccc([N+](=O)[O-])c(OC)c2)CCNCC1. The van der Waals surface area contributed by atoms with Gasteiger partial charge in [0.2, 0.25) is 5.75 Å². The van der Waals surface area contributed by atoms with Crippen LogP contribution in [0.25, 0.3) is 0 Å². The summed E-state index contributed by atoms with van der Waals surface area (Å²) in [5.41, 5.74) is -0.219. The number of rotatable bonds is 9. The minimum Gasteiger partial charge on any atom is -0.490 e.